The third-order valence-corrected chi connectivity index (χ3v) is 5.85. The van der Waals surface area contributed by atoms with Crippen molar-refractivity contribution in [2.24, 2.45) is 0 Å². The number of benzene rings is 3. The van der Waals surface area contributed by atoms with Crippen LogP contribution < -0.4 is 14.8 Å². The number of hydrogen-bond acceptors (Lipinski definition) is 4. The standard InChI is InChI=1S/C22H21FN2O4S/c1-15(16-6-12-20(29-2)13-7-16)24-22(26)17-4-3-5-21(14-17)30(27,28)25-19-10-8-18(23)9-11-19/h3-15,25H,1-2H3,(H,24,26). The number of anilines is 1. The second-order valence-electron chi connectivity index (χ2n) is 6.61. The summed E-state index contributed by atoms with van der Waals surface area (Å²) in [7, 11) is -2.36. The van der Waals surface area contributed by atoms with Gasteiger partial charge >= 0.3 is 0 Å². The van der Waals surface area contributed by atoms with Crippen molar-refractivity contribution in [1.29, 1.82) is 0 Å². The second kappa shape index (κ2) is 8.96. The van der Waals surface area contributed by atoms with Crippen molar-refractivity contribution in [2.75, 3.05) is 11.8 Å². The van der Waals surface area contributed by atoms with Crippen LogP contribution in [0.5, 0.6) is 5.75 Å². The van der Waals surface area contributed by atoms with E-state index < -0.39 is 21.7 Å². The predicted molar refractivity (Wildman–Crippen MR) is 113 cm³/mol. The number of methoxy groups -OCH3 is 1. The summed E-state index contributed by atoms with van der Waals surface area (Å²) in [6.07, 6.45) is 0. The summed E-state index contributed by atoms with van der Waals surface area (Å²) in [5.41, 5.74) is 1.31. The molecular formula is C22H21FN2O4S. The van der Waals surface area contributed by atoms with E-state index in [4.69, 9.17) is 4.74 Å². The molecule has 30 heavy (non-hydrogen) atoms. The molecule has 1 amide bonds. The Bertz CT molecular complexity index is 1130. The number of amides is 1. The van der Waals surface area contributed by atoms with Gasteiger partial charge in [0.25, 0.3) is 15.9 Å². The summed E-state index contributed by atoms with van der Waals surface area (Å²) in [5.74, 6) is -0.163. The number of rotatable bonds is 7. The molecule has 0 fully saturated rings. The van der Waals surface area contributed by atoms with Crippen LogP contribution in [0.1, 0.15) is 28.9 Å². The van der Waals surface area contributed by atoms with Crippen LogP contribution in [0.25, 0.3) is 0 Å². The largest absolute Gasteiger partial charge is 0.497 e. The molecule has 0 saturated heterocycles. The molecule has 3 aromatic rings. The van der Waals surface area contributed by atoms with Crippen LogP contribution in [0.15, 0.2) is 77.7 Å². The number of sulfonamides is 1. The summed E-state index contributed by atoms with van der Waals surface area (Å²) in [5, 5.41) is 2.85. The van der Waals surface area contributed by atoms with Crippen molar-refractivity contribution in [3.05, 3.63) is 89.7 Å². The van der Waals surface area contributed by atoms with Gasteiger partial charge in [0.05, 0.1) is 18.0 Å². The Labute approximate surface area is 174 Å². The number of carbonyl (C=O) groups is 1. The summed E-state index contributed by atoms with van der Waals surface area (Å²) in [6.45, 7) is 1.83. The van der Waals surface area contributed by atoms with Crippen LogP contribution >= 0.6 is 0 Å². The van der Waals surface area contributed by atoms with Gasteiger partial charge in [0.1, 0.15) is 11.6 Å². The van der Waals surface area contributed by atoms with Crippen molar-refractivity contribution in [2.45, 2.75) is 17.9 Å². The summed E-state index contributed by atoms with van der Waals surface area (Å²) < 4.78 is 45.7. The van der Waals surface area contributed by atoms with Gasteiger partial charge in [-0.15, -0.1) is 0 Å². The van der Waals surface area contributed by atoms with E-state index in [0.29, 0.717) is 5.75 Å². The Morgan fingerprint density at radius 3 is 2.30 bits per heavy atom. The minimum absolute atomic E-state index is 0.0726. The van der Waals surface area contributed by atoms with Gasteiger partial charge in [-0.2, -0.15) is 0 Å². The number of halogens is 1. The van der Waals surface area contributed by atoms with Gasteiger partial charge in [-0.05, 0) is 67.1 Å². The third kappa shape index (κ3) is 5.15. The van der Waals surface area contributed by atoms with Gasteiger partial charge in [-0.1, -0.05) is 18.2 Å². The minimum Gasteiger partial charge on any atom is -0.497 e. The first-order valence-electron chi connectivity index (χ1n) is 9.12. The van der Waals surface area contributed by atoms with E-state index in [1.165, 1.54) is 36.4 Å². The average Bonchev–Trinajstić information content (AvgIpc) is 2.75. The third-order valence-electron chi connectivity index (χ3n) is 4.47. The fourth-order valence-electron chi connectivity index (χ4n) is 2.79. The zero-order valence-corrected chi connectivity index (χ0v) is 17.2. The molecule has 8 heteroatoms. The molecule has 156 valence electrons. The molecule has 2 N–H and O–H groups in total. The molecule has 0 bridgehead atoms. The summed E-state index contributed by atoms with van der Waals surface area (Å²) >= 11 is 0. The van der Waals surface area contributed by atoms with Crippen molar-refractivity contribution in [3.63, 3.8) is 0 Å². The van der Waals surface area contributed by atoms with Crippen LogP contribution in [0.3, 0.4) is 0 Å². The topological polar surface area (TPSA) is 84.5 Å². The maximum absolute atomic E-state index is 13.0. The van der Waals surface area contributed by atoms with Gasteiger partial charge in [0, 0.05) is 11.3 Å². The first-order valence-corrected chi connectivity index (χ1v) is 10.6. The van der Waals surface area contributed by atoms with E-state index in [-0.39, 0.29) is 22.2 Å². The molecule has 0 spiro atoms. The highest BCUT2D eigenvalue weighted by Crippen LogP contribution is 2.20. The molecule has 0 aliphatic heterocycles. The molecule has 3 aromatic carbocycles. The van der Waals surface area contributed by atoms with Crippen LogP contribution in [-0.2, 0) is 10.0 Å². The van der Waals surface area contributed by atoms with Crippen LogP contribution in [0.4, 0.5) is 10.1 Å². The predicted octanol–water partition coefficient (Wildman–Crippen LogP) is 4.13. The Morgan fingerprint density at radius 1 is 1.00 bits per heavy atom. The maximum atomic E-state index is 13.0. The molecule has 0 aliphatic rings. The fraction of sp³-hybridized carbons (Fsp3) is 0.136. The molecular weight excluding hydrogens is 407 g/mol. The van der Waals surface area contributed by atoms with Crippen molar-refractivity contribution < 1.29 is 22.3 Å². The minimum atomic E-state index is -3.94. The van der Waals surface area contributed by atoms with E-state index in [1.54, 1.807) is 19.2 Å². The zero-order chi connectivity index (χ0) is 21.7. The first kappa shape index (κ1) is 21.3. The lowest BCUT2D eigenvalue weighted by Crippen LogP contribution is -2.27. The molecule has 6 nitrogen and oxygen atoms in total. The summed E-state index contributed by atoms with van der Waals surface area (Å²) in [4.78, 5) is 12.6. The van der Waals surface area contributed by atoms with E-state index in [9.17, 15) is 17.6 Å². The van der Waals surface area contributed by atoms with Gasteiger partial charge in [0.2, 0.25) is 0 Å². The van der Waals surface area contributed by atoms with Gasteiger partial charge in [0.15, 0.2) is 0 Å². The Hall–Kier alpha value is -3.39. The van der Waals surface area contributed by atoms with Crippen molar-refractivity contribution in [1.82, 2.24) is 5.32 Å². The van der Waals surface area contributed by atoms with E-state index in [0.717, 1.165) is 17.7 Å². The lowest BCUT2D eigenvalue weighted by molar-refractivity contribution is 0.0939. The van der Waals surface area contributed by atoms with Gasteiger partial charge in [-0.25, -0.2) is 12.8 Å². The number of hydrogen-bond donors (Lipinski definition) is 2. The van der Waals surface area contributed by atoms with Crippen LogP contribution in [0, 0.1) is 5.82 Å². The number of ether oxygens (including phenoxy) is 1. The zero-order valence-electron chi connectivity index (χ0n) is 16.4. The Balaban J connectivity index is 1.74. The van der Waals surface area contributed by atoms with Crippen LogP contribution in [-0.4, -0.2) is 21.4 Å². The monoisotopic (exact) mass is 428 g/mol. The molecule has 1 atom stereocenters. The molecule has 1 unspecified atom stereocenters. The molecule has 3 rings (SSSR count). The summed E-state index contributed by atoms with van der Waals surface area (Å²) in [6, 6.07) is 17.6. The molecule has 0 heterocycles. The first-order chi connectivity index (χ1) is 14.3. The van der Waals surface area contributed by atoms with Crippen LogP contribution in [0.2, 0.25) is 0 Å². The maximum Gasteiger partial charge on any atom is 0.261 e. The Kier molecular flexibility index (Phi) is 6.37. The quantitative estimate of drug-likeness (QED) is 0.593. The van der Waals surface area contributed by atoms with Gasteiger partial charge < -0.3 is 10.1 Å². The average molecular weight is 428 g/mol. The molecule has 0 radical (unpaired) electrons. The van der Waals surface area contributed by atoms with Crippen molar-refractivity contribution in [3.8, 4) is 5.75 Å². The van der Waals surface area contributed by atoms with E-state index in [1.807, 2.05) is 19.1 Å². The van der Waals surface area contributed by atoms with Gasteiger partial charge in [-0.3, -0.25) is 9.52 Å². The lowest BCUT2D eigenvalue weighted by atomic mass is 10.1. The highest BCUT2D eigenvalue weighted by molar-refractivity contribution is 7.92. The lowest BCUT2D eigenvalue weighted by Gasteiger charge is -2.15. The normalized spacial score (nSPS) is 12.1. The SMILES string of the molecule is COc1ccc(C(C)NC(=O)c2cccc(S(=O)(=O)Nc3ccc(F)cc3)c2)cc1. The van der Waals surface area contributed by atoms with E-state index >= 15 is 0 Å². The second-order valence-corrected chi connectivity index (χ2v) is 8.29. The molecule has 0 aromatic heterocycles. The Morgan fingerprint density at radius 2 is 1.67 bits per heavy atom. The van der Waals surface area contributed by atoms with Crippen molar-refractivity contribution >= 4 is 21.6 Å². The fourth-order valence-corrected chi connectivity index (χ4v) is 3.90. The number of carbonyl (C=O) groups excluding carboxylic acids is 1. The number of nitrogens with one attached hydrogen (secondary N) is 2. The highest BCUT2D eigenvalue weighted by Gasteiger charge is 2.18. The van der Waals surface area contributed by atoms with E-state index in [2.05, 4.69) is 10.0 Å². The molecule has 0 aliphatic carbocycles. The highest BCUT2D eigenvalue weighted by atomic mass is 32.2. The smallest absolute Gasteiger partial charge is 0.261 e. The molecule has 0 saturated carbocycles.